The van der Waals surface area contributed by atoms with Gasteiger partial charge in [-0.15, -0.1) is 0 Å². The highest BCUT2D eigenvalue weighted by Crippen LogP contribution is 2.05. The third-order valence-electron chi connectivity index (χ3n) is 1.98. The van der Waals surface area contributed by atoms with E-state index in [0.717, 1.165) is 6.42 Å². The lowest BCUT2D eigenvalue weighted by Crippen LogP contribution is -2.29. The lowest BCUT2D eigenvalue weighted by Gasteiger charge is -2.07. The van der Waals surface area contributed by atoms with Crippen LogP contribution in [0.3, 0.4) is 0 Å². The van der Waals surface area contributed by atoms with Crippen molar-refractivity contribution < 1.29 is 9.32 Å². The van der Waals surface area contributed by atoms with Crippen molar-refractivity contribution in [2.24, 2.45) is 5.92 Å². The molecule has 1 aromatic rings. The van der Waals surface area contributed by atoms with E-state index in [1.165, 1.54) is 6.20 Å². The number of hydrogen-bond acceptors (Lipinski definition) is 4. The van der Waals surface area contributed by atoms with Crippen molar-refractivity contribution in [3.63, 3.8) is 0 Å². The van der Waals surface area contributed by atoms with Crippen molar-refractivity contribution in [2.45, 2.75) is 26.3 Å². The van der Waals surface area contributed by atoms with Gasteiger partial charge in [0.25, 0.3) is 0 Å². The van der Waals surface area contributed by atoms with E-state index in [4.69, 9.17) is 9.78 Å². The molecule has 1 aromatic heterocycles. The van der Waals surface area contributed by atoms with Gasteiger partial charge in [-0.2, -0.15) is 5.26 Å². The monoisotopic (exact) mass is 207 g/mol. The van der Waals surface area contributed by atoms with Crippen molar-refractivity contribution in [3.05, 3.63) is 18.0 Å². The summed E-state index contributed by atoms with van der Waals surface area (Å²) in [4.78, 5) is 11.5. The van der Waals surface area contributed by atoms with E-state index in [9.17, 15) is 4.79 Å². The van der Waals surface area contributed by atoms with E-state index in [1.807, 2.05) is 13.0 Å². The van der Waals surface area contributed by atoms with Crippen LogP contribution in [-0.2, 0) is 11.3 Å². The SMILES string of the molecule is CCCC(C#N)C(=O)NCc1ccno1. The second-order valence-electron chi connectivity index (χ2n) is 3.17. The molecule has 0 radical (unpaired) electrons. The summed E-state index contributed by atoms with van der Waals surface area (Å²) in [6.07, 6.45) is 2.90. The molecule has 80 valence electrons. The highest BCUT2D eigenvalue weighted by Gasteiger charge is 2.16. The maximum atomic E-state index is 11.5. The summed E-state index contributed by atoms with van der Waals surface area (Å²) in [5, 5.41) is 14.9. The highest BCUT2D eigenvalue weighted by atomic mass is 16.5. The maximum Gasteiger partial charge on any atom is 0.237 e. The lowest BCUT2D eigenvalue weighted by molar-refractivity contribution is -0.123. The van der Waals surface area contributed by atoms with E-state index in [0.29, 0.717) is 12.2 Å². The molecular formula is C10H13N3O2. The second kappa shape index (κ2) is 5.81. The molecule has 0 aliphatic rings. The fourth-order valence-corrected chi connectivity index (χ4v) is 1.17. The summed E-state index contributed by atoms with van der Waals surface area (Å²) < 4.78 is 4.81. The highest BCUT2D eigenvalue weighted by molar-refractivity contribution is 5.80. The van der Waals surface area contributed by atoms with Crippen LogP contribution in [0.4, 0.5) is 0 Å². The van der Waals surface area contributed by atoms with Crippen LogP contribution in [0, 0.1) is 17.2 Å². The predicted octanol–water partition coefficient (Wildman–Crippen LogP) is 1.23. The number of amides is 1. The summed E-state index contributed by atoms with van der Waals surface area (Å²) in [6.45, 7) is 2.22. The van der Waals surface area contributed by atoms with E-state index in [2.05, 4.69) is 10.5 Å². The number of nitriles is 1. The van der Waals surface area contributed by atoms with Crippen molar-refractivity contribution >= 4 is 5.91 Å². The zero-order valence-electron chi connectivity index (χ0n) is 8.56. The van der Waals surface area contributed by atoms with Gasteiger partial charge >= 0.3 is 0 Å². The molecule has 5 nitrogen and oxygen atoms in total. The number of carbonyl (C=O) groups excluding carboxylic acids is 1. The average Bonchev–Trinajstić information content (AvgIpc) is 2.75. The summed E-state index contributed by atoms with van der Waals surface area (Å²) >= 11 is 0. The fourth-order valence-electron chi connectivity index (χ4n) is 1.17. The van der Waals surface area contributed by atoms with Crippen molar-refractivity contribution in [1.82, 2.24) is 10.5 Å². The summed E-state index contributed by atoms with van der Waals surface area (Å²) in [5.41, 5.74) is 0. The summed E-state index contributed by atoms with van der Waals surface area (Å²) in [7, 11) is 0. The number of aromatic nitrogens is 1. The Kier molecular flexibility index (Phi) is 4.35. The van der Waals surface area contributed by atoms with Gasteiger partial charge in [-0.25, -0.2) is 0 Å². The first-order valence-electron chi connectivity index (χ1n) is 4.84. The smallest absolute Gasteiger partial charge is 0.237 e. The minimum Gasteiger partial charge on any atom is -0.360 e. The van der Waals surface area contributed by atoms with Crippen LogP contribution >= 0.6 is 0 Å². The molecule has 0 saturated carbocycles. The van der Waals surface area contributed by atoms with Crippen LogP contribution in [0.5, 0.6) is 0 Å². The first-order valence-corrected chi connectivity index (χ1v) is 4.84. The quantitative estimate of drug-likeness (QED) is 0.787. The Morgan fingerprint density at radius 3 is 3.13 bits per heavy atom. The van der Waals surface area contributed by atoms with E-state index >= 15 is 0 Å². The third-order valence-corrected chi connectivity index (χ3v) is 1.98. The van der Waals surface area contributed by atoms with Gasteiger partial charge in [0.1, 0.15) is 5.92 Å². The molecule has 1 atom stereocenters. The molecular weight excluding hydrogens is 194 g/mol. The van der Waals surface area contributed by atoms with Gasteiger partial charge < -0.3 is 9.84 Å². The van der Waals surface area contributed by atoms with Crippen LogP contribution in [0.25, 0.3) is 0 Å². The van der Waals surface area contributed by atoms with Gasteiger partial charge in [0.05, 0.1) is 18.8 Å². The zero-order chi connectivity index (χ0) is 11.1. The Hall–Kier alpha value is -1.83. The normalized spacial score (nSPS) is 11.7. The Labute approximate surface area is 88.1 Å². The molecule has 15 heavy (non-hydrogen) atoms. The molecule has 1 N–H and O–H groups in total. The summed E-state index contributed by atoms with van der Waals surface area (Å²) in [6, 6.07) is 3.64. The van der Waals surface area contributed by atoms with Crippen LogP contribution in [0.2, 0.25) is 0 Å². The van der Waals surface area contributed by atoms with Crippen LogP contribution < -0.4 is 5.32 Å². The largest absolute Gasteiger partial charge is 0.360 e. The van der Waals surface area contributed by atoms with Crippen LogP contribution in [-0.4, -0.2) is 11.1 Å². The third kappa shape index (κ3) is 3.43. The van der Waals surface area contributed by atoms with E-state index < -0.39 is 5.92 Å². The molecule has 0 spiro atoms. The van der Waals surface area contributed by atoms with Gasteiger partial charge in [-0.3, -0.25) is 4.79 Å². The van der Waals surface area contributed by atoms with Gasteiger partial charge in [-0.05, 0) is 6.42 Å². The molecule has 1 heterocycles. The molecule has 1 unspecified atom stereocenters. The molecule has 0 fully saturated rings. The molecule has 0 aliphatic carbocycles. The molecule has 5 heteroatoms. The minimum absolute atomic E-state index is 0.254. The van der Waals surface area contributed by atoms with Gasteiger partial charge in [0, 0.05) is 6.07 Å². The standard InChI is InChI=1S/C10H13N3O2/c1-2-3-8(6-11)10(14)12-7-9-4-5-13-15-9/h4-5,8H,2-3,7H2,1H3,(H,12,14). The van der Waals surface area contributed by atoms with E-state index in [1.54, 1.807) is 6.07 Å². The zero-order valence-corrected chi connectivity index (χ0v) is 8.56. The molecule has 0 bridgehead atoms. The number of nitrogens with zero attached hydrogens (tertiary/aromatic N) is 2. The Morgan fingerprint density at radius 1 is 1.80 bits per heavy atom. The van der Waals surface area contributed by atoms with Gasteiger partial charge in [-0.1, -0.05) is 18.5 Å². The van der Waals surface area contributed by atoms with Crippen molar-refractivity contribution in [3.8, 4) is 6.07 Å². The van der Waals surface area contributed by atoms with Crippen molar-refractivity contribution in [2.75, 3.05) is 0 Å². The van der Waals surface area contributed by atoms with Crippen LogP contribution in [0.1, 0.15) is 25.5 Å². The number of nitrogens with one attached hydrogen (secondary N) is 1. The lowest BCUT2D eigenvalue weighted by atomic mass is 10.1. The maximum absolute atomic E-state index is 11.5. The number of carbonyl (C=O) groups is 1. The van der Waals surface area contributed by atoms with Gasteiger partial charge in [0.15, 0.2) is 5.76 Å². The molecule has 0 aromatic carbocycles. The predicted molar refractivity (Wildman–Crippen MR) is 52.4 cm³/mol. The fraction of sp³-hybridized carbons (Fsp3) is 0.500. The Morgan fingerprint density at radius 2 is 2.60 bits per heavy atom. The van der Waals surface area contributed by atoms with Crippen molar-refractivity contribution in [1.29, 1.82) is 5.26 Å². The molecule has 1 rings (SSSR count). The van der Waals surface area contributed by atoms with E-state index in [-0.39, 0.29) is 12.5 Å². The number of rotatable bonds is 5. The molecule has 1 amide bonds. The average molecular weight is 207 g/mol. The molecule has 0 saturated heterocycles. The topological polar surface area (TPSA) is 78.9 Å². The summed E-state index contributed by atoms with van der Waals surface area (Å²) in [5.74, 6) is -0.245. The molecule has 0 aliphatic heterocycles. The minimum atomic E-state index is -0.571. The first kappa shape index (κ1) is 11.2. The Bertz CT molecular complexity index is 340. The first-order chi connectivity index (χ1) is 7.27. The Balaban J connectivity index is 2.38. The second-order valence-corrected chi connectivity index (χ2v) is 3.17. The van der Waals surface area contributed by atoms with Crippen LogP contribution in [0.15, 0.2) is 16.8 Å². The van der Waals surface area contributed by atoms with Gasteiger partial charge in [0.2, 0.25) is 5.91 Å². The number of hydrogen-bond donors (Lipinski definition) is 1.